The smallest absolute Gasteiger partial charge is 0.413 e. The normalized spacial score (nSPS) is 10.9. The van der Waals surface area contributed by atoms with Crippen molar-refractivity contribution in [2.75, 3.05) is 0 Å². The van der Waals surface area contributed by atoms with Crippen molar-refractivity contribution >= 4 is 12.1 Å². The second-order valence-corrected chi connectivity index (χ2v) is 4.77. The molecule has 0 radical (unpaired) electrons. The van der Waals surface area contributed by atoms with Gasteiger partial charge in [-0.05, 0) is 51.0 Å². The molecule has 5 nitrogen and oxygen atoms in total. The molecule has 0 atom stereocenters. The van der Waals surface area contributed by atoms with Gasteiger partial charge < -0.3 is 15.2 Å². The zero-order valence-electron chi connectivity index (χ0n) is 10.9. The standard InChI is InChI=1S/C13H17NO4/c1-8-5-9(2)7-10(6-8)18-12(17)14-13(3,4)11(15)16/h5-7H,1-4H3,(H,14,17)(H,15,16). The van der Waals surface area contributed by atoms with Crippen LogP contribution in [0.3, 0.4) is 0 Å². The lowest BCUT2D eigenvalue weighted by molar-refractivity contribution is -0.143. The van der Waals surface area contributed by atoms with Crippen LogP contribution in [0.25, 0.3) is 0 Å². The molecule has 0 aliphatic heterocycles. The summed E-state index contributed by atoms with van der Waals surface area (Å²) in [5, 5.41) is 11.2. The van der Waals surface area contributed by atoms with Crippen molar-refractivity contribution in [3.8, 4) is 5.75 Å². The lowest BCUT2D eigenvalue weighted by Crippen LogP contribution is -2.50. The predicted molar refractivity (Wildman–Crippen MR) is 66.8 cm³/mol. The van der Waals surface area contributed by atoms with Crippen LogP contribution in [0.2, 0.25) is 0 Å². The molecular formula is C13H17NO4. The Morgan fingerprint density at radius 3 is 2.11 bits per heavy atom. The van der Waals surface area contributed by atoms with Gasteiger partial charge in [0.25, 0.3) is 0 Å². The van der Waals surface area contributed by atoms with Gasteiger partial charge in [-0.3, -0.25) is 0 Å². The van der Waals surface area contributed by atoms with Gasteiger partial charge in [0.2, 0.25) is 0 Å². The van der Waals surface area contributed by atoms with E-state index >= 15 is 0 Å². The number of carbonyl (C=O) groups excluding carboxylic acids is 1. The quantitative estimate of drug-likeness (QED) is 0.864. The first-order valence-corrected chi connectivity index (χ1v) is 5.52. The molecule has 1 rings (SSSR count). The van der Waals surface area contributed by atoms with Crippen LogP contribution < -0.4 is 10.1 Å². The molecule has 0 aliphatic carbocycles. The number of aryl methyl sites for hydroxylation is 2. The summed E-state index contributed by atoms with van der Waals surface area (Å²) in [7, 11) is 0. The summed E-state index contributed by atoms with van der Waals surface area (Å²) >= 11 is 0. The largest absolute Gasteiger partial charge is 0.480 e. The first-order valence-electron chi connectivity index (χ1n) is 5.52. The average molecular weight is 251 g/mol. The van der Waals surface area contributed by atoms with Crippen molar-refractivity contribution < 1.29 is 19.4 Å². The first-order chi connectivity index (χ1) is 8.20. The van der Waals surface area contributed by atoms with Gasteiger partial charge in [0.15, 0.2) is 0 Å². The molecule has 98 valence electrons. The number of carbonyl (C=O) groups is 2. The fourth-order valence-corrected chi connectivity index (χ4v) is 1.43. The summed E-state index contributed by atoms with van der Waals surface area (Å²) in [5.41, 5.74) is 0.571. The number of nitrogens with one attached hydrogen (secondary N) is 1. The maximum Gasteiger partial charge on any atom is 0.413 e. The Labute approximate surface area is 106 Å². The predicted octanol–water partition coefficient (Wildman–Crippen LogP) is 2.26. The number of hydrogen-bond acceptors (Lipinski definition) is 3. The monoisotopic (exact) mass is 251 g/mol. The third-order valence-corrected chi connectivity index (χ3v) is 2.35. The van der Waals surface area contributed by atoms with Crippen molar-refractivity contribution in [2.45, 2.75) is 33.2 Å². The van der Waals surface area contributed by atoms with Gasteiger partial charge in [0.1, 0.15) is 11.3 Å². The number of amides is 1. The third-order valence-electron chi connectivity index (χ3n) is 2.35. The van der Waals surface area contributed by atoms with Crippen molar-refractivity contribution in [3.63, 3.8) is 0 Å². The van der Waals surface area contributed by atoms with Gasteiger partial charge in [0.05, 0.1) is 0 Å². The van der Waals surface area contributed by atoms with Crippen LogP contribution in [0.5, 0.6) is 5.75 Å². The van der Waals surface area contributed by atoms with E-state index in [1.165, 1.54) is 13.8 Å². The van der Waals surface area contributed by atoms with Crippen molar-refractivity contribution in [1.82, 2.24) is 5.32 Å². The van der Waals surface area contributed by atoms with Crippen LogP contribution in [0.1, 0.15) is 25.0 Å². The molecular weight excluding hydrogens is 234 g/mol. The Morgan fingerprint density at radius 2 is 1.67 bits per heavy atom. The Balaban J connectivity index is 2.73. The molecule has 1 aromatic rings. The molecule has 0 saturated carbocycles. The van der Waals surface area contributed by atoms with E-state index in [9.17, 15) is 9.59 Å². The van der Waals surface area contributed by atoms with Gasteiger partial charge in [-0.2, -0.15) is 0 Å². The SMILES string of the molecule is Cc1cc(C)cc(OC(=O)NC(C)(C)C(=O)O)c1. The number of benzene rings is 1. The Kier molecular flexibility index (Phi) is 3.96. The molecule has 5 heteroatoms. The summed E-state index contributed by atoms with van der Waals surface area (Å²) in [5.74, 6) is -0.730. The minimum atomic E-state index is -1.37. The van der Waals surface area contributed by atoms with Crippen LogP contribution in [-0.2, 0) is 4.79 Å². The van der Waals surface area contributed by atoms with Crippen LogP contribution >= 0.6 is 0 Å². The van der Waals surface area contributed by atoms with E-state index in [0.29, 0.717) is 5.75 Å². The lowest BCUT2D eigenvalue weighted by atomic mass is 10.1. The molecule has 0 unspecified atom stereocenters. The van der Waals surface area contributed by atoms with Crippen molar-refractivity contribution in [3.05, 3.63) is 29.3 Å². The molecule has 0 aliphatic rings. The Morgan fingerprint density at radius 1 is 1.17 bits per heavy atom. The van der Waals surface area contributed by atoms with E-state index in [-0.39, 0.29) is 0 Å². The number of ether oxygens (including phenoxy) is 1. The van der Waals surface area contributed by atoms with E-state index in [1.54, 1.807) is 12.1 Å². The van der Waals surface area contributed by atoms with Crippen LogP contribution in [0, 0.1) is 13.8 Å². The highest BCUT2D eigenvalue weighted by molar-refractivity contribution is 5.84. The van der Waals surface area contributed by atoms with Gasteiger partial charge in [-0.25, -0.2) is 9.59 Å². The maximum absolute atomic E-state index is 11.6. The molecule has 1 amide bonds. The zero-order valence-corrected chi connectivity index (χ0v) is 10.9. The molecule has 0 heterocycles. The summed E-state index contributed by atoms with van der Waals surface area (Å²) in [4.78, 5) is 22.4. The molecule has 0 saturated heterocycles. The number of carboxylic acids is 1. The van der Waals surface area contributed by atoms with Gasteiger partial charge >= 0.3 is 12.1 Å². The summed E-state index contributed by atoms with van der Waals surface area (Å²) in [6, 6.07) is 5.37. The minimum absolute atomic E-state index is 0.395. The van der Waals surface area contributed by atoms with E-state index in [2.05, 4.69) is 5.32 Å². The zero-order chi connectivity index (χ0) is 13.9. The molecule has 0 fully saturated rings. The molecule has 18 heavy (non-hydrogen) atoms. The summed E-state index contributed by atoms with van der Waals surface area (Å²) in [6.07, 6.45) is -0.785. The maximum atomic E-state index is 11.6. The third kappa shape index (κ3) is 3.76. The lowest BCUT2D eigenvalue weighted by Gasteiger charge is -2.20. The molecule has 0 bridgehead atoms. The highest BCUT2D eigenvalue weighted by Gasteiger charge is 2.29. The van der Waals surface area contributed by atoms with Gasteiger partial charge in [-0.15, -0.1) is 0 Å². The van der Waals surface area contributed by atoms with Gasteiger partial charge in [-0.1, -0.05) is 6.07 Å². The van der Waals surface area contributed by atoms with Crippen molar-refractivity contribution in [2.24, 2.45) is 0 Å². The minimum Gasteiger partial charge on any atom is -0.480 e. The summed E-state index contributed by atoms with van der Waals surface area (Å²) in [6.45, 7) is 6.55. The van der Waals surface area contributed by atoms with E-state index in [0.717, 1.165) is 11.1 Å². The first kappa shape index (κ1) is 14.0. The molecule has 1 aromatic carbocycles. The van der Waals surface area contributed by atoms with E-state index in [1.807, 2.05) is 19.9 Å². The molecule has 0 aromatic heterocycles. The second kappa shape index (κ2) is 5.08. The van der Waals surface area contributed by atoms with Gasteiger partial charge in [0, 0.05) is 0 Å². The number of rotatable bonds is 3. The van der Waals surface area contributed by atoms with Crippen LogP contribution in [0.4, 0.5) is 4.79 Å². The van der Waals surface area contributed by atoms with Crippen LogP contribution in [0.15, 0.2) is 18.2 Å². The topological polar surface area (TPSA) is 75.6 Å². The highest BCUT2D eigenvalue weighted by Crippen LogP contribution is 2.16. The Bertz CT molecular complexity index is 460. The number of carboxylic acid groups (broad SMARTS) is 1. The molecule has 0 spiro atoms. The summed E-state index contributed by atoms with van der Waals surface area (Å²) < 4.78 is 5.05. The second-order valence-electron chi connectivity index (χ2n) is 4.77. The fraction of sp³-hybridized carbons (Fsp3) is 0.385. The van der Waals surface area contributed by atoms with E-state index < -0.39 is 17.6 Å². The highest BCUT2D eigenvalue weighted by atomic mass is 16.6. The number of hydrogen-bond donors (Lipinski definition) is 2. The number of aliphatic carboxylic acids is 1. The fourth-order valence-electron chi connectivity index (χ4n) is 1.43. The Hall–Kier alpha value is -2.04. The van der Waals surface area contributed by atoms with E-state index in [4.69, 9.17) is 9.84 Å². The average Bonchev–Trinajstić information content (AvgIpc) is 2.13. The van der Waals surface area contributed by atoms with Crippen molar-refractivity contribution in [1.29, 1.82) is 0 Å². The molecule has 2 N–H and O–H groups in total. The van der Waals surface area contributed by atoms with Crippen LogP contribution in [-0.4, -0.2) is 22.7 Å².